The number of hydrogen-bond acceptors (Lipinski definition) is 2. The molecular formula is C24H19F6OPS2. The molecule has 0 N–H and O–H groups in total. The van der Waals surface area contributed by atoms with Crippen LogP contribution in [0.5, 0.6) is 11.5 Å². The van der Waals surface area contributed by atoms with Crippen molar-refractivity contribution in [1.82, 2.24) is 0 Å². The fraction of sp³-hybridized carbons (Fsp3) is 0. The summed E-state index contributed by atoms with van der Waals surface area (Å²) in [4.78, 5) is 3.52. The van der Waals surface area contributed by atoms with Crippen molar-refractivity contribution in [3.63, 3.8) is 0 Å². The van der Waals surface area contributed by atoms with Gasteiger partial charge in [0, 0.05) is 16.7 Å². The number of thiol groups is 2. The Morgan fingerprint density at radius 2 is 0.912 bits per heavy atom. The maximum Gasteiger partial charge on any atom is 0.158 e. The van der Waals surface area contributed by atoms with Crippen LogP contribution in [0.2, 0.25) is 0 Å². The molecule has 0 amide bonds. The Hall–Kier alpha value is -2.61. The zero-order valence-electron chi connectivity index (χ0n) is 17.3. The van der Waals surface area contributed by atoms with Gasteiger partial charge in [0.25, 0.3) is 0 Å². The van der Waals surface area contributed by atoms with Gasteiger partial charge in [-0.25, -0.2) is 0 Å². The molecule has 1 nitrogen and oxygen atoms in total. The minimum atomic E-state index is -10.7. The quantitative estimate of drug-likeness (QED) is 0.116. The van der Waals surface area contributed by atoms with Crippen LogP contribution in [-0.2, 0) is 11.8 Å². The van der Waals surface area contributed by atoms with Crippen molar-refractivity contribution in [1.29, 1.82) is 0 Å². The molecule has 0 heterocycles. The fourth-order valence-corrected chi connectivity index (χ4v) is 3.81. The van der Waals surface area contributed by atoms with E-state index in [-0.39, 0.29) is 0 Å². The van der Waals surface area contributed by atoms with E-state index in [2.05, 4.69) is 73.3 Å². The monoisotopic (exact) mass is 532 g/mol. The Morgan fingerprint density at radius 1 is 0.529 bits per heavy atom. The summed E-state index contributed by atoms with van der Waals surface area (Å²) in [6.45, 7) is 0. The molecular weight excluding hydrogens is 513 g/mol. The standard InChI is InChI=1S/C24H18OS2.F6P/c26-22-14-12-21(13-15-22)25-20-10-6-18(7-11-20)19-8-16-24(17-9-19)27-23-4-2-1-3-5-23;1-7(2,3,4,5)6/h1-17,26H;/q;-1/p+1. The average molecular weight is 533 g/mol. The maximum atomic E-state index is 9.87. The number of halogens is 6. The molecule has 0 saturated carbocycles. The van der Waals surface area contributed by atoms with Crippen molar-refractivity contribution in [3.8, 4) is 22.6 Å². The van der Waals surface area contributed by atoms with Crippen LogP contribution < -0.4 is 4.74 Å². The van der Waals surface area contributed by atoms with E-state index >= 15 is 0 Å². The summed E-state index contributed by atoms with van der Waals surface area (Å²) >= 11 is 5.52. The van der Waals surface area contributed by atoms with Gasteiger partial charge in [-0.1, -0.05) is 30.3 Å². The molecule has 34 heavy (non-hydrogen) atoms. The zero-order valence-corrected chi connectivity index (χ0v) is 20.0. The second-order valence-corrected chi connectivity index (χ2v) is 10.8. The predicted octanol–water partition coefficient (Wildman–Crippen LogP) is 10.0. The molecule has 10 heteroatoms. The predicted molar refractivity (Wildman–Crippen MR) is 131 cm³/mol. The Morgan fingerprint density at radius 3 is 1.38 bits per heavy atom. The number of hydrogen-bond donors (Lipinski definition) is 1. The molecule has 0 saturated heterocycles. The third-order valence-corrected chi connectivity index (χ3v) is 5.55. The van der Waals surface area contributed by atoms with Gasteiger partial charge < -0.3 is 4.74 Å². The number of benzene rings is 4. The minimum absolute atomic E-state index is 0.810. The van der Waals surface area contributed by atoms with Crippen molar-refractivity contribution in [2.45, 2.75) is 14.7 Å². The van der Waals surface area contributed by atoms with Crippen LogP contribution in [0, 0.1) is 0 Å². The summed E-state index contributed by atoms with van der Waals surface area (Å²) in [5.74, 6) is 1.63. The summed E-state index contributed by atoms with van der Waals surface area (Å²) in [7, 11) is -10.7. The first kappa shape index (κ1) is 26.0. The fourth-order valence-electron chi connectivity index (χ4n) is 2.75. The summed E-state index contributed by atoms with van der Waals surface area (Å²) in [6.07, 6.45) is 0. The van der Waals surface area contributed by atoms with Crippen molar-refractivity contribution >= 4 is 32.2 Å². The Labute approximate surface area is 202 Å². The van der Waals surface area contributed by atoms with Crippen LogP contribution in [0.15, 0.2) is 118 Å². The van der Waals surface area contributed by atoms with Gasteiger partial charge in [-0.2, -0.15) is 0 Å². The molecule has 0 aliphatic carbocycles. The Kier molecular flexibility index (Phi) is 7.31. The number of rotatable bonds is 5. The average Bonchev–Trinajstić information content (AvgIpc) is 2.75. The third kappa shape index (κ3) is 10.5. The van der Waals surface area contributed by atoms with Gasteiger partial charge in [0.2, 0.25) is 0 Å². The SMILES string of the molecule is F[P-](F)(F)(F)(F)F.Sc1ccc(Oc2ccc(-c3ccc([SH+]c4ccccc4)cc3)cc2)cc1. The van der Waals surface area contributed by atoms with E-state index in [0.717, 1.165) is 16.4 Å². The molecule has 0 radical (unpaired) electrons. The van der Waals surface area contributed by atoms with Crippen LogP contribution >= 0.6 is 20.4 Å². The van der Waals surface area contributed by atoms with Gasteiger partial charge in [-0.15, -0.1) is 12.6 Å². The van der Waals surface area contributed by atoms with Crippen molar-refractivity contribution in [2.24, 2.45) is 0 Å². The van der Waals surface area contributed by atoms with Crippen molar-refractivity contribution in [2.75, 3.05) is 0 Å². The largest absolute Gasteiger partial charge is 0.457 e. The maximum absolute atomic E-state index is 10.7. The molecule has 0 aliphatic heterocycles. The number of ether oxygens (including phenoxy) is 1. The molecule has 180 valence electrons. The molecule has 4 aromatic rings. The van der Waals surface area contributed by atoms with E-state index in [1.165, 1.54) is 32.7 Å². The Bertz CT molecular complexity index is 1200. The molecule has 0 aliphatic rings. The first-order valence-corrected chi connectivity index (χ1v) is 13.1. The van der Waals surface area contributed by atoms with Gasteiger partial charge >= 0.3 is 33.0 Å². The molecule has 4 rings (SSSR count). The summed E-state index contributed by atoms with van der Waals surface area (Å²) in [5, 5.41) is 0. The van der Waals surface area contributed by atoms with Gasteiger partial charge in [0.15, 0.2) is 9.79 Å². The molecule has 0 atom stereocenters. The minimum Gasteiger partial charge on any atom is -0.457 e. The van der Waals surface area contributed by atoms with Gasteiger partial charge in [-0.3, -0.25) is 0 Å². The van der Waals surface area contributed by atoms with Crippen LogP contribution in [-0.4, -0.2) is 0 Å². The van der Waals surface area contributed by atoms with Gasteiger partial charge in [0.1, 0.15) is 11.5 Å². The first-order valence-electron chi connectivity index (χ1n) is 9.72. The molecule has 0 fully saturated rings. The van der Waals surface area contributed by atoms with Crippen LogP contribution in [0.25, 0.3) is 11.1 Å². The first-order chi connectivity index (χ1) is 15.7. The Balaban J connectivity index is 0.000000406. The van der Waals surface area contributed by atoms with E-state index in [1.54, 1.807) is 0 Å². The van der Waals surface area contributed by atoms with Crippen molar-refractivity contribution < 1.29 is 29.9 Å². The molecule has 0 bridgehead atoms. The normalized spacial score (nSPS) is 13.1. The summed E-state index contributed by atoms with van der Waals surface area (Å²) in [5.41, 5.74) is 2.38. The molecule has 0 unspecified atom stereocenters. The molecule has 4 aromatic carbocycles. The van der Waals surface area contributed by atoms with Crippen LogP contribution in [0.3, 0.4) is 0 Å². The molecule has 0 spiro atoms. The van der Waals surface area contributed by atoms with E-state index in [1.807, 2.05) is 42.5 Å². The molecule has 0 aromatic heterocycles. The van der Waals surface area contributed by atoms with E-state index in [0.29, 0.717) is 0 Å². The van der Waals surface area contributed by atoms with E-state index in [4.69, 9.17) is 4.74 Å². The van der Waals surface area contributed by atoms with E-state index in [9.17, 15) is 25.2 Å². The second-order valence-electron chi connectivity index (χ2n) is 7.07. The zero-order chi connectivity index (χ0) is 24.9. The summed E-state index contributed by atoms with van der Waals surface area (Å²) in [6, 6.07) is 35.1. The van der Waals surface area contributed by atoms with Gasteiger partial charge in [0.05, 0.1) is 0 Å². The van der Waals surface area contributed by atoms with Crippen molar-refractivity contribution in [3.05, 3.63) is 103 Å². The van der Waals surface area contributed by atoms with Crippen LogP contribution in [0.4, 0.5) is 25.2 Å². The van der Waals surface area contributed by atoms with Crippen LogP contribution in [0.1, 0.15) is 0 Å². The van der Waals surface area contributed by atoms with E-state index < -0.39 is 7.81 Å². The topological polar surface area (TPSA) is 9.23 Å². The summed E-state index contributed by atoms with van der Waals surface area (Å²) < 4.78 is 65.1. The smallest absolute Gasteiger partial charge is 0.158 e. The third-order valence-electron chi connectivity index (χ3n) is 4.14. The second kappa shape index (κ2) is 9.56. The van der Waals surface area contributed by atoms with Gasteiger partial charge in [-0.05, 0) is 83.9 Å².